The summed E-state index contributed by atoms with van der Waals surface area (Å²) in [6.45, 7) is 6.81. The van der Waals surface area contributed by atoms with Crippen molar-refractivity contribution >= 4 is 19.5 Å². The van der Waals surface area contributed by atoms with Crippen molar-refractivity contribution in [2.24, 2.45) is 0 Å². The van der Waals surface area contributed by atoms with E-state index in [-0.39, 0.29) is 16.6 Å². The van der Waals surface area contributed by atoms with E-state index < -0.39 is 36.7 Å². The molecule has 1 heterocycles. The molecular weight excluding hydrogens is 336 g/mol. The summed E-state index contributed by atoms with van der Waals surface area (Å²) >= 11 is 0. The van der Waals surface area contributed by atoms with E-state index in [9.17, 15) is 23.1 Å². The van der Waals surface area contributed by atoms with Gasteiger partial charge in [0, 0.05) is 5.56 Å². The number of carbonyl (C=O) groups excluding carboxylic acids is 1. The van der Waals surface area contributed by atoms with E-state index in [2.05, 4.69) is 0 Å². The zero-order chi connectivity index (χ0) is 19.0. The van der Waals surface area contributed by atoms with Crippen molar-refractivity contribution in [1.82, 2.24) is 0 Å². The van der Waals surface area contributed by atoms with Crippen LogP contribution in [0.3, 0.4) is 0 Å². The van der Waals surface area contributed by atoms with Crippen molar-refractivity contribution in [3.63, 3.8) is 0 Å². The maximum Gasteiger partial charge on any atom is 0.492 e. The molecule has 0 aliphatic carbocycles. The molecule has 2 rings (SSSR count). The fourth-order valence-electron chi connectivity index (χ4n) is 2.37. The smallest absolute Gasteiger partial charge is 0.400 e. The molecule has 1 aliphatic heterocycles. The van der Waals surface area contributed by atoms with Gasteiger partial charge in [-0.2, -0.15) is 13.2 Å². The average Bonchev–Trinajstić information content (AvgIpc) is 2.71. The second-order valence-electron chi connectivity index (χ2n) is 6.92. The highest BCUT2D eigenvalue weighted by atomic mass is 19.4. The summed E-state index contributed by atoms with van der Waals surface area (Å²) in [4.78, 5) is 11.2. The summed E-state index contributed by atoms with van der Waals surface area (Å²) < 4.78 is 50.4. The van der Waals surface area contributed by atoms with Gasteiger partial charge in [-0.3, -0.25) is 4.79 Å². The zero-order valence-corrected chi connectivity index (χ0v) is 14.5. The quantitative estimate of drug-likeness (QED) is 0.663. The number of alkyl halides is 3. The number of aldehydes is 1. The first-order valence-electron chi connectivity index (χ1n) is 7.74. The Morgan fingerprint density at radius 1 is 1.16 bits per heavy atom. The number of aliphatic hydroxyl groups excluding tert-OH is 1. The molecule has 0 spiro atoms. The minimum atomic E-state index is -4.53. The number of benzene rings is 1. The van der Waals surface area contributed by atoms with E-state index in [0.717, 1.165) is 18.2 Å². The van der Waals surface area contributed by atoms with Gasteiger partial charge < -0.3 is 14.4 Å². The minimum absolute atomic E-state index is 0.0450. The molecule has 1 N–H and O–H groups in total. The van der Waals surface area contributed by atoms with Gasteiger partial charge in [-0.1, -0.05) is 12.1 Å². The average molecular weight is 356 g/mol. The first kappa shape index (κ1) is 19.7. The summed E-state index contributed by atoms with van der Waals surface area (Å²) in [6, 6.07) is 2.81. The SMILES string of the molecule is CC1(C)OB(C(=Cc2cc(C(F)(F)F)ccc2C=O)CO)OC1(C)C. The Morgan fingerprint density at radius 3 is 2.16 bits per heavy atom. The second kappa shape index (κ2) is 6.59. The van der Waals surface area contributed by atoms with Crippen molar-refractivity contribution in [3.05, 3.63) is 40.4 Å². The highest BCUT2D eigenvalue weighted by Gasteiger charge is 2.52. The Morgan fingerprint density at radius 2 is 1.72 bits per heavy atom. The molecule has 136 valence electrons. The normalized spacial score (nSPS) is 20.0. The number of hydrogen-bond acceptors (Lipinski definition) is 4. The van der Waals surface area contributed by atoms with Crippen molar-refractivity contribution in [2.75, 3.05) is 6.61 Å². The largest absolute Gasteiger partial charge is 0.492 e. The molecule has 0 saturated carbocycles. The highest BCUT2D eigenvalue weighted by molar-refractivity contribution is 6.55. The van der Waals surface area contributed by atoms with Gasteiger partial charge in [0.2, 0.25) is 0 Å². The fourth-order valence-corrected chi connectivity index (χ4v) is 2.37. The van der Waals surface area contributed by atoms with Crippen LogP contribution in [0.4, 0.5) is 13.2 Å². The Hall–Kier alpha value is -1.64. The summed E-state index contributed by atoms with van der Waals surface area (Å²) in [7, 11) is -0.913. The monoisotopic (exact) mass is 356 g/mol. The van der Waals surface area contributed by atoms with Crippen molar-refractivity contribution in [2.45, 2.75) is 45.1 Å². The molecule has 0 bridgehead atoms. The van der Waals surface area contributed by atoms with Crippen LogP contribution >= 0.6 is 0 Å². The molecule has 0 unspecified atom stereocenters. The van der Waals surface area contributed by atoms with Gasteiger partial charge in [-0.25, -0.2) is 0 Å². The van der Waals surface area contributed by atoms with Crippen LogP contribution < -0.4 is 0 Å². The van der Waals surface area contributed by atoms with Gasteiger partial charge in [0.15, 0.2) is 6.29 Å². The Bertz CT molecular complexity index is 680. The number of aliphatic hydroxyl groups is 1. The van der Waals surface area contributed by atoms with E-state index in [4.69, 9.17) is 9.31 Å². The van der Waals surface area contributed by atoms with Gasteiger partial charge in [0.05, 0.1) is 23.4 Å². The number of halogens is 3. The molecule has 25 heavy (non-hydrogen) atoms. The number of carbonyl (C=O) groups is 1. The third-order valence-electron chi connectivity index (χ3n) is 4.62. The lowest BCUT2D eigenvalue weighted by molar-refractivity contribution is -0.137. The summed E-state index contributed by atoms with van der Waals surface area (Å²) in [5.41, 5.74) is -1.84. The second-order valence-corrected chi connectivity index (χ2v) is 6.92. The predicted octanol–water partition coefficient (Wildman–Crippen LogP) is 3.53. The zero-order valence-electron chi connectivity index (χ0n) is 14.5. The maximum atomic E-state index is 12.9. The lowest BCUT2D eigenvalue weighted by atomic mass is 9.77. The molecule has 1 aliphatic rings. The van der Waals surface area contributed by atoms with E-state index in [1.54, 1.807) is 0 Å². The van der Waals surface area contributed by atoms with Gasteiger partial charge >= 0.3 is 13.3 Å². The van der Waals surface area contributed by atoms with Gasteiger partial charge in [0.25, 0.3) is 0 Å². The van der Waals surface area contributed by atoms with Crippen LogP contribution in [-0.2, 0) is 15.5 Å². The van der Waals surface area contributed by atoms with E-state index >= 15 is 0 Å². The van der Waals surface area contributed by atoms with E-state index in [0.29, 0.717) is 6.29 Å². The fraction of sp³-hybridized carbons (Fsp3) is 0.471. The number of rotatable bonds is 4. The van der Waals surface area contributed by atoms with Crippen molar-refractivity contribution in [3.8, 4) is 0 Å². The van der Waals surface area contributed by atoms with Crippen LogP contribution in [0.15, 0.2) is 23.7 Å². The van der Waals surface area contributed by atoms with Gasteiger partial charge in [-0.05, 0) is 50.9 Å². The summed E-state index contributed by atoms with van der Waals surface area (Å²) in [5.74, 6) is 0. The minimum Gasteiger partial charge on any atom is -0.400 e. The molecule has 0 aromatic heterocycles. The Balaban J connectivity index is 2.45. The van der Waals surface area contributed by atoms with Crippen LogP contribution in [0.5, 0.6) is 0 Å². The molecule has 0 atom stereocenters. The maximum absolute atomic E-state index is 12.9. The van der Waals surface area contributed by atoms with Crippen LogP contribution in [0.1, 0.15) is 49.2 Å². The lowest BCUT2D eigenvalue weighted by Gasteiger charge is -2.32. The molecule has 1 aromatic rings. The first-order valence-corrected chi connectivity index (χ1v) is 7.74. The molecule has 1 fully saturated rings. The molecular formula is C17H20BF3O4. The molecule has 4 nitrogen and oxygen atoms in total. The van der Waals surface area contributed by atoms with Crippen LogP contribution in [0, 0.1) is 0 Å². The molecule has 0 amide bonds. The molecule has 8 heteroatoms. The first-order chi connectivity index (χ1) is 11.4. The molecule has 0 radical (unpaired) electrons. The number of hydrogen-bond donors (Lipinski definition) is 1. The highest BCUT2D eigenvalue weighted by Crippen LogP contribution is 2.39. The van der Waals surface area contributed by atoms with Crippen molar-refractivity contribution < 1.29 is 32.4 Å². The Kier molecular flexibility index (Phi) is 5.19. The third kappa shape index (κ3) is 3.97. The van der Waals surface area contributed by atoms with Gasteiger partial charge in [0.1, 0.15) is 0 Å². The van der Waals surface area contributed by atoms with E-state index in [1.807, 2.05) is 27.7 Å². The molecule has 1 saturated heterocycles. The Labute approximate surface area is 144 Å². The third-order valence-corrected chi connectivity index (χ3v) is 4.62. The lowest BCUT2D eigenvalue weighted by Crippen LogP contribution is -2.41. The van der Waals surface area contributed by atoms with Crippen LogP contribution in [-0.4, -0.2) is 36.3 Å². The van der Waals surface area contributed by atoms with Crippen molar-refractivity contribution in [1.29, 1.82) is 0 Å². The summed E-state index contributed by atoms with van der Waals surface area (Å²) in [5, 5.41) is 9.64. The van der Waals surface area contributed by atoms with Crippen LogP contribution in [0.2, 0.25) is 0 Å². The predicted molar refractivity (Wildman–Crippen MR) is 88.0 cm³/mol. The van der Waals surface area contributed by atoms with Crippen LogP contribution in [0.25, 0.3) is 6.08 Å². The van der Waals surface area contributed by atoms with Gasteiger partial charge in [-0.15, -0.1) is 0 Å². The molecule has 1 aromatic carbocycles. The summed E-state index contributed by atoms with van der Waals surface area (Å²) in [6.07, 6.45) is -2.76. The topological polar surface area (TPSA) is 55.8 Å². The van der Waals surface area contributed by atoms with E-state index in [1.165, 1.54) is 6.08 Å². The standard InChI is InChI=1S/C17H20BF3O4/c1-15(2)16(3,4)25-18(24-15)14(10-23)8-12-7-13(17(19,20)21)6-5-11(12)9-22/h5-9,23H,10H2,1-4H3.